The molecule has 0 saturated carbocycles. The lowest BCUT2D eigenvalue weighted by molar-refractivity contribution is 0.628. The molecule has 0 saturated heterocycles. The molecular formula is C18H13FN2. The molecule has 1 aliphatic rings. The van der Waals surface area contributed by atoms with Gasteiger partial charge in [0.2, 0.25) is 0 Å². The highest BCUT2D eigenvalue weighted by molar-refractivity contribution is 6.12. The third-order valence-corrected chi connectivity index (χ3v) is 3.77. The quantitative estimate of drug-likeness (QED) is 0.640. The fraction of sp³-hybridized carbons (Fsp3) is 0.0556. The molecule has 1 aliphatic heterocycles. The standard InChI is InChI=1S/C18H13FN2/c19-15-9-7-13(8-10-15)18-17-6-3-11-21(17)16-5-2-1-4-14(16)12-20-18/h1-11H,12H2. The number of aliphatic imine (C=N–C) groups is 1. The molecular weight excluding hydrogens is 263 g/mol. The van der Waals surface area contributed by atoms with Crippen LogP contribution >= 0.6 is 0 Å². The van der Waals surface area contributed by atoms with Gasteiger partial charge in [0, 0.05) is 11.8 Å². The van der Waals surface area contributed by atoms with E-state index in [0.717, 1.165) is 22.7 Å². The van der Waals surface area contributed by atoms with Gasteiger partial charge in [0.05, 0.1) is 23.6 Å². The number of fused-ring (bicyclic) bond motifs is 3. The van der Waals surface area contributed by atoms with Crippen molar-refractivity contribution in [2.45, 2.75) is 6.54 Å². The zero-order chi connectivity index (χ0) is 14.2. The first-order valence-corrected chi connectivity index (χ1v) is 6.89. The van der Waals surface area contributed by atoms with Crippen molar-refractivity contribution in [3.05, 3.63) is 89.5 Å². The van der Waals surface area contributed by atoms with Crippen molar-refractivity contribution in [2.75, 3.05) is 0 Å². The van der Waals surface area contributed by atoms with Crippen LogP contribution in [0.5, 0.6) is 0 Å². The van der Waals surface area contributed by atoms with Crippen molar-refractivity contribution in [3.8, 4) is 5.69 Å². The van der Waals surface area contributed by atoms with E-state index in [0.29, 0.717) is 6.54 Å². The number of hydrogen-bond donors (Lipinski definition) is 0. The fourth-order valence-electron chi connectivity index (χ4n) is 2.76. The third kappa shape index (κ3) is 1.98. The van der Waals surface area contributed by atoms with Crippen molar-refractivity contribution in [3.63, 3.8) is 0 Å². The summed E-state index contributed by atoms with van der Waals surface area (Å²) in [5.74, 6) is -0.230. The Balaban J connectivity index is 1.92. The van der Waals surface area contributed by atoms with Crippen molar-refractivity contribution in [2.24, 2.45) is 4.99 Å². The lowest BCUT2D eigenvalue weighted by Gasteiger charge is -2.10. The van der Waals surface area contributed by atoms with E-state index < -0.39 is 0 Å². The summed E-state index contributed by atoms with van der Waals surface area (Å²) in [4.78, 5) is 4.75. The Morgan fingerprint density at radius 3 is 2.57 bits per heavy atom. The average molecular weight is 276 g/mol. The van der Waals surface area contributed by atoms with E-state index in [1.807, 2.05) is 30.5 Å². The summed E-state index contributed by atoms with van der Waals surface area (Å²) in [6.45, 7) is 0.630. The average Bonchev–Trinajstić information content (AvgIpc) is 2.93. The van der Waals surface area contributed by atoms with Gasteiger partial charge in [0.1, 0.15) is 5.82 Å². The number of hydrogen-bond acceptors (Lipinski definition) is 1. The van der Waals surface area contributed by atoms with Crippen LogP contribution in [0.1, 0.15) is 16.8 Å². The molecule has 3 heteroatoms. The minimum absolute atomic E-state index is 0.230. The Labute approximate surface area is 122 Å². The van der Waals surface area contributed by atoms with Gasteiger partial charge in [-0.3, -0.25) is 4.99 Å². The van der Waals surface area contributed by atoms with Crippen LogP contribution in [0.4, 0.5) is 4.39 Å². The topological polar surface area (TPSA) is 17.3 Å². The van der Waals surface area contributed by atoms with Crippen LogP contribution in [0.3, 0.4) is 0 Å². The summed E-state index contributed by atoms with van der Waals surface area (Å²) < 4.78 is 15.3. The molecule has 0 spiro atoms. The highest BCUT2D eigenvalue weighted by Crippen LogP contribution is 2.24. The predicted molar refractivity (Wildman–Crippen MR) is 81.5 cm³/mol. The van der Waals surface area contributed by atoms with Crippen molar-refractivity contribution in [1.29, 1.82) is 0 Å². The predicted octanol–water partition coefficient (Wildman–Crippen LogP) is 3.97. The van der Waals surface area contributed by atoms with Crippen molar-refractivity contribution in [1.82, 2.24) is 4.57 Å². The van der Waals surface area contributed by atoms with E-state index in [4.69, 9.17) is 4.99 Å². The van der Waals surface area contributed by atoms with E-state index in [-0.39, 0.29) is 5.82 Å². The second-order valence-corrected chi connectivity index (χ2v) is 5.06. The van der Waals surface area contributed by atoms with Crippen LogP contribution < -0.4 is 0 Å². The van der Waals surface area contributed by atoms with Crippen LogP contribution in [-0.4, -0.2) is 10.3 Å². The van der Waals surface area contributed by atoms with Gasteiger partial charge >= 0.3 is 0 Å². The minimum atomic E-state index is -0.230. The minimum Gasteiger partial charge on any atom is -0.315 e. The van der Waals surface area contributed by atoms with E-state index in [2.05, 4.69) is 16.7 Å². The first-order chi connectivity index (χ1) is 10.3. The smallest absolute Gasteiger partial charge is 0.123 e. The molecule has 2 aromatic carbocycles. The van der Waals surface area contributed by atoms with Gasteiger partial charge in [-0.15, -0.1) is 0 Å². The maximum Gasteiger partial charge on any atom is 0.123 e. The first kappa shape index (κ1) is 12.1. The van der Waals surface area contributed by atoms with Gasteiger partial charge in [-0.05, 0) is 48.0 Å². The summed E-state index contributed by atoms with van der Waals surface area (Å²) in [5.41, 5.74) is 5.21. The van der Waals surface area contributed by atoms with Crippen LogP contribution in [-0.2, 0) is 6.54 Å². The van der Waals surface area contributed by atoms with E-state index in [9.17, 15) is 4.39 Å². The van der Waals surface area contributed by atoms with Gasteiger partial charge in [-0.25, -0.2) is 4.39 Å². The molecule has 0 bridgehead atoms. The van der Waals surface area contributed by atoms with Crippen LogP contribution in [0.2, 0.25) is 0 Å². The highest BCUT2D eigenvalue weighted by atomic mass is 19.1. The normalized spacial score (nSPS) is 13.1. The highest BCUT2D eigenvalue weighted by Gasteiger charge is 2.17. The second kappa shape index (κ2) is 4.70. The maximum atomic E-state index is 13.1. The van der Waals surface area contributed by atoms with Gasteiger partial charge in [0.25, 0.3) is 0 Å². The molecule has 0 unspecified atom stereocenters. The van der Waals surface area contributed by atoms with Crippen LogP contribution in [0.25, 0.3) is 5.69 Å². The molecule has 2 heterocycles. The number of halogens is 1. The Morgan fingerprint density at radius 1 is 0.905 bits per heavy atom. The number of rotatable bonds is 1. The molecule has 0 radical (unpaired) electrons. The fourth-order valence-corrected chi connectivity index (χ4v) is 2.76. The molecule has 0 N–H and O–H groups in total. The van der Waals surface area contributed by atoms with Gasteiger partial charge in [0.15, 0.2) is 0 Å². The summed E-state index contributed by atoms with van der Waals surface area (Å²) in [6, 6.07) is 18.8. The number of para-hydroxylation sites is 1. The van der Waals surface area contributed by atoms with Gasteiger partial charge < -0.3 is 4.57 Å². The summed E-state index contributed by atoms with van der Waals surface area (Å²) in [7, 11) is 0. The Kier molecular flexibility index (Phi) is 2.71. The molecule has 3 aromatic rings. The monoisotopic (exact) mass is 276 g/mol. The molecule has 0 amide bonds. The molecule has 0 fully saturated rings. The summed E-state index contributed by atoms with van der Waals surface area (Å²) >= 11 is 0. The van der Waals surface area contributed by atoms with Crippen LogP contribution in [0.15, 0.2) is 71.9 Å². The number of benzene rings is 2. The molecule has 1 aromatic heterocycles. The lowest BCUT2D eigenvalue weighted by atomic mass is 10.1. The Morgan fingerprint density at radius 2 is 1.71 bits per heavy atom. The SMILES string of the molecule is Fc1ccc(C2=NCc3ccccc3-n3cccc32)cc1. The summed E-state index contributed by atoms with van der Waals surface area (Å²) in [6.07, 6.45) is 2.04. The van der Waals surface area contributed by atoms with E-state index in [1.165, 1.54) is 17.7 Å². The van der Waals surface area contributed by atoms with Crippen molar-refractivity contribution < 1.29 is 4.39 Å². The zero-order valence-corrected chi connectivity index (χ0v) is 11.3. The van der Waals surface area contributed by atoms with E-state index >= 15 is 0 Å². The number of nitrogens with zero attached hydrogens (tertiary/aromatic N) is 2. The van der Waals surface area contributed by atoms with Crippen LogP contribution in [0, 0.1) is 5.82 Å². The van der Waals surface area contributed by atoms with Gasteiger partial charge in [-0.2, -0.15) is 0 Å². The molecule has 0 atom stereocenters. The maximum absolute atomic E-state index is 13.1. The zero-order valence-electron chi connectivity index (χ0n) is 11.3. The van der Waals surface area contributed by atoms with E-state index in [1.54, 1.807) is 12.1 Å². The lowest BCUT2D eigenvalue weighted by Crippen LogP contribution is -2.08. The first-order valence-electron chi connectivity index (χ1n) is 6.89. The molecule has 21 heavy (non-hydrogen) atoms. The molecule has 4 rings (SSSR count). The largest absolute Gasteiger partial charge is 0.315 e. The third-order valence-electron chi connectivity index (χ3n) is 3.77. The number of aromatic nitrogens is 1. The Bertz CT molecular complexity index is 828. The van der Waals surface area contributed by atoms with Crippen molar-refractivity contribution >= 4 is 5.71 Å². The summed E-state index contributed by atoms with van der Waals surface area (Å²) in [5, 5.41) is 0. The molecule has 2 nitrogen and oxygen atoms in total. The second-order valence-electron chi connectivity index (χ2n) is 5.06. The molecule has 0 aliphatic carbocycles. The molecule has 102 valence electrons. The Hall–Kier alpha value is -2.68. The van der Waals surface area contributed by atoms with Gasteiger partial charge in [-0.1, -0.05) is 18.2 Å².